The number of nitrogens with one attached hydrogen (secondary N) is 1. The summed E-state index contributed by atoms with van der Waals surface area (Å²) in [5, 5.41) is 3.27. The highest BCUT2D eigenvalue weighted by molar-refractivity contribution is 5.40. The normalized spacial score (nSPS) is 20.2. The smallest absolute Gasteiger partial charge is 0.258 e. The number of pyridine rings is 1. The number of nitrogens with zero attached hydrogens (tertiary/aromatic N) is 2. The minimum atomic E-state index is -0.458. The molecule has 2 aromatic heterocycles. The van der Waals surface area contributed by atoms with Crippen molar-refractivity contribution >= 4 is 5.65 Å². The van der Waals surface area contributed by atoms with Gasteiger partial charge in [0.05, 0.1) is 5.69 Å². The average Bonchev–Trinajstić information content (AvgIpc) is 2.41. The van der Waals surface area contributed by atoms with Crippen LogP contribution in [0.2, 0.25) is 0 Å². The van der Waals surface area contributed by atoms with Crippen molar-refractivity contribution in [1.29, 1.82) is 0 Å². The van der Waals surface area contributed by atoms with Crippen LogP contribution in [0.1, 0.15) is 24.5 Å². The Balaban J connectivity index is 2.14. The molecule has 1 N–H and O–H groups in total. The van der Waals surface area contributed by atoms with Gasteiger partial charge in [-0.1, -0.05) is 0 Å². The molecule has 3 rings (SSSR count). The van der Waals surface area contributed by atoms with E-state index in [1.54, 1.807) is 0 Å². The van der Waals surface area contributed by atoms with E-state index in [1.807, 2.05) is 0 Å². The molecule has 1 unspecified atom stereocenters. The second kappa shape index (κ2) is 4.49. The maximum Gasteiger partial charge on any atom is 0.258 e. The van der Waals surface area contributed by atoms with Crippen molar-refractivity contribution in [3.05, 3.63) is 46.3 Å². The first-order chi connectivity index (χ1) is 8.75. The lowest BCUT2D eigenvalue weighted by Crippen LogP contribution is -2.30. The van der Waals surface area contributed by atoms with Gasteiger partial charge in [0.1, 0.15) is 0 Å². The van der Waals surface area contributed by atoms with Crippen LogP contribution < -0.4 is 10.9 Å². The van der Waals surface area contributed by atoms with Crippen LogP contribution in [0.5, 0.6) is 0 Å². The van der Waals surface area contributed by atoms with E-state index in [-0.39, 0.29) is 17.1 Å². The minimum absolute atomic E-state index is 0.116. The van der Waals surface area contributed by atoms with E-state index in [4.69, 9.17) is 0 Å². The first-order valence-electron chi connectivity index (χ1n) is 6.14. The number of hydrogen-bond donors (Lipinski definition) is 1. The largest absolute Gasteiger partial charge is 0.316 e. The predicted molar refractivity (Wildman–Crippen MR) is 66.3 cm³/mol. The third-order valence-electron chi connectivity index (χ3n) is 3.38. The van der Waals surface area contributed by atoms with Gasteiger partial charge in [-0.05, 0) is 31.5 Å². The SMILES string of the molecule is O=c1cc(C2CCCNC2)nc2c(F)cccn12. The van der Waals surface area contributed by atoms with Crippen LogP contribution in [-0.2, 0) is 0 Å². The van der Waals surface area contributed by atoms with Crippen molar-refractivity contribution in [2.75, 3.05) is 13.1 Å². The van der Waals surface area contributed by atoms with Gasteiger partial charge in [0.25, 0.3) is 5.56 Å². The van der Waals surface area contributed by atoms with Crippen LogP contribution >= 0.6 is 0 Å². The topological polar surface area (TPSA) is 46.4 Å². The Morgan fingerprint density at radius 2 is 2.39 bits per heavy atom. The van der Waals surface area contributed by atoms with Crippen LogP contribution in [0.3, 0.4) is 0 Å². The molecule has 18 heavy (non-hydrogen) atoms. The van der Waals surface area contributed by atoms with Gasteiger partial charge >= 0.3 is 0 Å². The van der Waals surface area contributed by atoms with E-state index >= 15 is 0 Å². The maximum atomic E-state index is 13.7. The molecule has 0 radical (unpaired) electrons. The molecule has 1 fully saturated rings. The molecule has 0 bridgehead atoms. The Hall–Kier alpha value is -1.75. The monoisotopic (exact) mass is 247 g/mol. The second-order valence-electron chi connectivity index (χ2n) is 4.61. The van der Waals surface area contributed by atoms with E-state index in [1.165, 1.54) is 28.8 Å². The Kier molecular flexibility index (Phi) is 2.83. The second-order valence-corrected chi connectivity index (χ2v) is 4.61. The van der Waals surface area contributed by atoms with Crippen molar-refractivity contribution < 1.29 is 4.39 Å². The summed E-state index contributed by atoms with van der Waals surface area (Å²) in [7, 11) is 0. The summed E-state index contributed by atoms with van der Waals surface area (Å²) in [6, 6.07) is 4.35. The average molecular weight is 247 g/mol. The Morgan fingerprint density at radius 3 is 3.17 bits per heavy atom. The van der Waals surface area contributed by atoms with Crippen LogP contribution in [-0.4, -0.2) is 22.5 Å². The third kappa shape index (κ3) is 1.90. The lowest BCUT2D eigenvalue weighted by molar-refractivity contribution is 0.454. The lowest BCUT2D eigenvalue weighted by Gasteiger charge is -2.22. The summed E-state index contributed by atoms with van der Waals surface area (Å²) in [5.41, 5.74) is 0.586. The molecule has 0 aromatic carbocycles. The van der Waals surface area contributed by atoms with Gasteiger partial charge in [-0.15, -0.1) is 0 Å². The first kappa shape index (κ1) is 11.3. The molecule has 0 saturated carbocycles. The fourth-order valence-corrected chi connectivity index (χ4v) is 2.42. The molecule has 0 spiro atoms. The van der Waals surface area contributed by atoms with Crippen molar-refractivity contribution in [3.63, 3.8) is 0 Å². The molecule has 94 valence electrons. The summed E-state index contributed by atoms with van der Waals surface area (Å²) < 4.78 is 14.9. The van der Waals surface area contributed by atoms with Gasteiger partial charge in [0.2, 0.25) is 0 Å². The van der Waals surface area contributed by atoms with E-state index in [0.717, 1.165) is 25.9 Å². The standard InChI is InChI=1S/C13H14FN3O/c14-10-4-2-6-17-12(18)7-11(16-13(10)17)9-3-1-5-15-8-9/h2,4,6-7,9,15H,1,3,5,8H2. The molecular weight excluding hydrogens is 233 g/mol. The molecule has 1 saturated heterocycles. The number of rotatable bonds is 1. The van der Waals surface area contributed by atoms with E-state index in [9.17, 15) is 9.18 Å². The summed E-state index contributed by atoms with van der Waals surface area (Å²) in [6.07, 6.45) is 3.59. The summed E-state index contributed by atoms with van der Waals surface area (Å²) in [4.78, 5) is 16.2. The fourth-order valence-electron chi connectivity index (χ4n) is 2.42. The van der Waals surface area contributed by atoms with Gasteiger partial charge in [-0.25, -0.2) is 9.37 Å². The van der Waals surface area contributed by atoms with Gasteiger partial charge in [0, 0.05) is 24.7 Å². The van der Waals surface area contributed by atoms with Crippen LogP contribution in [0.4, 0.5) is 4.39 Å². The quantitative estimate of drug-likeness (QED) is 0.826. The van der Waals surface area contributed by atoms with Crippen molar-refractivity contribution in [3.8, 4) is 0 Å². The molecule has 1 atom stereocenters. The van der Waals surface area contributed by atoms with Crippen molar-refractivity contribution in [2.24, 2.45) is 0 Å². The molecule has 3 heterocycles. The molecule has 1 aliphatic heterocycles. The highest BCUT2D eigenvalue weighted by atomic mass is 19.1. The summed E-state index contributed by atoms with van der Waals surface area (Å²) in [6.45, 7) is 1.80. The predicted octanol–water partition coefficient (Wildman–Crippen LogP) is 1.30. The Bertz CT molecular complexity index is 632. The van der Waals surface area contributed by atoms with Crippen molar-refractivity contribution in [2.45, 2.75) is 18.8 Å². The Labute approximate surface area is 103 Å². The molecule has 0 amide bonds. The third-order valence-corrected chi connectivity index (χ3v) is 3.38. The Morgan fingerprint density at radius 1 is 1.50 bits per heavy atom. The van der Waals surface area contributed by atoms with Crippen LogP contribution in [0.25, 0.3) is 5.65 Å². The molecule has 2 aromatic rings. The number of hydrogen-bond acceptors (Lipinski definition) is 3. The fraction of sp³-hybridized carbons (Fsp3) is 0.385. The number of halogens is 1. The molecular formula is C13H14FN3O. The summed E-state index contributed by atoms with van der Waals surface area (Å²) in [5.74, 6) is -0.253. The number of piperidine rings is 1. The molecule has 1 aliphatic rings. The zero-order valence-electron chi connectivity index (χ0n) is 9.90. The van der Waals surface area contributed by atoms with Gasteiger partial charge in [-0.2, -0.15) is 0 Å². The highest BCUT2D eigenvalue weighted by Gasteiger charge is 2.18. The van der Waals surface area contributed by atoms with Gasteiger partial charge < -0.3 is 5.32 Å². The highest BCUT2D eigenvalue weighted by Crippen LogP contribution is 2.21. The number of fused-ring (bicyclic) bond motifs is 1. The van der Waals surface area contributed by atoms with Crippen molar-refractivity contribution in [1.82, 2.24) is 14.7 Å². The molecule has 4 nitrogen and oxygen atoms in total. The zero-order chi connectivity index (χ0) is 12.5. The number of aromatic nitrogens is 2. The van der Waals surface area contributed by atoms with Gasteiger partial charge in [0.15, 0.2) is 11.5 Å². The van der Waals surface area contributed by atoms with Crippen LogP contribution in [0.15, 0.2) is 29.2 Å². The maximum absolute atomic E-state index is 13.7. The van der Waals surface area contributed by atoms with E-state index in [2.05, 4.69) is 10.3 Å². The van der Waals surface area contributed by atoms with E-state index in [0.29, 0.717) is 5.69 Å². The summed E-state index contributed by atoms with van der Waals surface area (Å²) >= 11 is 0. The zero-order valence-corrected chi connectivity index (χ0v) is 9.90. The molecule has 5 heteroatoms. The first-order valence-corrected chi connectivity index (χ1v) is 6.14. The van der Waals surface area contributed by atoms with E-state index < -0.39 is 5.82 Å². The van der Waals surface area contributed by atoms with Gasteiger partial charge in [-0.3, -0.25) is 9.20 Å². The minimum Gasteiger partial charge on any atom is -0.316 e. The molecule has 0 aliphatic carbocycles. The lowest BCUT2D eigenvalue weighted by atomic mass is 9.96. The van der Waals surface area contributed by atoms with Crippen LogP contribution in [0, 0.1) is 5.82 Å².